The molecule has 184 valence electrons. The third-order valence-electron chi connectivity index (χ3n) is 5.94. The summed E-state index contributed by atoms with van der Waals surface area (Å²) < 4.78 is 1.87. The number of aromatic nitrogens is 3. The van der Waals surface area contributed by atoms with E-state index in [0.29, 0.717) is 17.7 Å². The molecule has 0 amide bonds. The van der Waals surface area contributed by atoms with Crippen LogP contribution >= 0.6 is 23.1 Å². The van der Waals surface area contributed by atoms with E-state index in [1.165, 1.54) is 24.8 Å². The van der Waals surface area contributed by atoms with Gasteiger partial charge in [-0.2, -0.15) is 0 Å². The lowest BCUT2D eigenvalue weighted by Gasteiger charge is -2.13. The van der Waals surface area contributed by atoms with Gasteiger partial charge >= 0.3 is 0 Å². The maximum absolute atomic E-state index is 13.3. The lowest BCUT2D eigenvalue weighted by molar-refractivity contribution is 0.491. The Hall–Kier alpha value is -2.64. The number of thiazole rings is 1. The van der Waals surface area contributed by atoms with E-state index in [9.17, 15) is 4.79 Å². The molecule has 35 heavy (non-hydrogen) atoms. The number of thioether (sulfide) groups is 1. The molecule has 1 N–H and O–H groups in total. The Balaban J connectivity index is 1.44. The van der Waals surface area contributed by atoms with Crippen LogP contribution in [0.2, 0.25) is 0 Å². The minimum Gasteiger partial charge on any atom is -0.332 e. The van der Waals surface area contributed by atoms with E-state index in [1.807, 2.05) is 28.8 Å². The monoisotopic (exact) mass is 506 g/mol. The molecule has 0 bridgehead atoms. The summed E-state index contributed by atoms with van der Waals surface area (Å²) in [5.41, 5.74) is 4.06. The third kappa shape index (κ3) is 7.18. The van der Waals surface area contributed by atoms with Gasteiger partial charge in [0.15, 0.2) is 10.3 Å². The van der Waals surface area contributed by atoms with Gasteiger partial charge in [-0.1, -0.05) is 81.1 Å². The van der Waals surface area contributed by atoms with Crippen molar-refractivity contribution in [2.24, 2.45) is 5.92 Å². The van der Waals surface area contributed by atoms with Crippen molar-refractivity contribution >= 4 is 44.8 Å². The van der Waals surface area contributed by atoms with E-state index in [4.69, 9.17) is 9.97 Å². The summed E-state index contributed by atoms with van der Waals surface area (Å²) in [5.74, 6) is 1.43. The van der Waals surface area contributed by atoms with E-state index in [0.717, 1.165) is 45.9 Å². The molecule has 0 radical (unpaired) electrons. The minimum absolute atomic E-state index is 0.0558. The molecule has 2 heterocycles. The predicted octanol–water partition coefficient (Wildman–Crippen LogP) is 7.80. The highest BCUT2D eigenvalue weighted by molar-refractivity contribution is 7.98. The highest BCUT2D eigenvalue weighted by Gasteiger charge is 2.13. The molecule has 0 unspecified atom stereocenters. The largest absolute Gasteiger partial charge is 0.332 e. The predicted molar refractivity (Wildman–Crippen MR) is 150 cm³/mol. The molecular weight excluding hydrogens is 472 g/mol. The number of aryl methyl sites for hydroxylation is 1. The quantitative estimate of drug-likeness (QED) is 0.121. The molecule has 7 heteroatoms. The molecule has 2 aromatic carbocycles. The Kier molecular flexibility index (Phi) is 8.99. The molecule has 0 saturated heterocycles. The average Bonchev–Trinajstić information content (AvgIpc) is 3.30. The molecule has 0 saturated carbocycles. The highest BCUT2D eigenvalue weighted by atomic mass is 32.2. The number of fused-ring (bicyclic) bond motifs is 1. The van der Waals surface area contributed by atoms with Crippen LogP contribution in [0.4, 0.5) is 10.8 Å². The Labute approximate surface area is 216 Å². The number of benzene rings is 2. The first-order valence-electron chi connectivity index (χ1n) is 12.4. The van der Waals surface area contributed by atoms with Crippen LogP contribution in [-0.4, -0.2) is 14.5 Å². The number of nitrogens with zero attached hydrogens (tertiary/aromatic N) is 3. The Morgan fingerprint density at radius 1 is 1.00 bits per heavy atom. The molecule has 0 aliphatic carbocycles. The Morgan fingerprint density at radius 3 is 2.57 bits per heavy atom. The summed E-state index contributed by atoms with van der Waals surface area (Å²) in [6.07, 6.45) is 5.87. The fraction of sp³-hybridized carbons (Fsp3) is 0.393. The van der Waals surface area contributed by atoms with Gasteiger partial charge in [0.1, 0.15) is 0 Å². The first-order chi connectivity index (χ1) is 17.0. The van der Waals surface area contributed by atoms with Gasteiger partial charge in [0.25, 0.3) is 5.56 Å². The van der Waals surface area contributed by atoms with Gasteiger partial charge in [0.2, 0.25) is 0 Å². The van der Waals surface area contributed by atoms with E-state index in [1.54, 1.807) is 23.1 Å². The molecule has 0 spiro atoms. The molecule has 4 aromatic rings. The van der Waals surface area contributed by atoms with Crippen LogP contribution in [-0.2, 0) is 12.3 Å². The van der Waals surface area contributed by atoms with Gasteiger partial charge in [0.05, 0.1) is 16.6 Å². The normalized spacial score (nSPS) is 11.4. The molecule has 5 nitrogen and oxygen atoms in total. The standard InChI is InChI=1S/C28H34N4OS2/c1-20(2)10-6-4-5-9-17-32-26(33)24-11-7-8-12-25(24)31-28(32)35-19-23-18-34-27(30-23)29-22-15-13-21(3)14-16-22/h7-8,11-16,18,20H,4-6,9-10,17,19H2,1-3H3,(H,29,30). The van der Waals surface area contributed by atoms with Crippen molar-refractivity contribution in [1.29, 1.82) is 0 Å². The van der Waals surface area contributed by atoms with Crippen LogP contribution in [0.3, 0.4) is 0 Å². The summed E-state index contributed by atoms with van der Waals surface area (Å²) in [4.78, 5) is 22.9. The zero-order valence-electron chi connectivity index (χ0n) is 20.8. The van der Waals surface area contributed by atoms with Gasteiger partial charge in [-0.3, -0.25) is 9.36 Å². The fourth-order valence-corrected chi connectivity index (χ4v) is 5.71. The fourth-order valence-electron chi connectivity index (χ4n) is 3.96. The van der Waals surface area contributed by atoms with Gasteiger partial charge in [-0.25, -0.2) is 9.97 Å². The van der Waals surface area contributed by atoms with Crippen LogP contribution in [0, 0.1) is 12.8 Å². The molecule has 4 rings (SSSR count). The Bertz CT molecular complexity index is 1290. The topological polar surface area (TPSA) is 59.8 Å². The molecule has 0 aliphatic rings. The van der Waals surface area contributed by atoms with Gasteiger partial charge in [-0.15, -0.1) is 11.3 Å². The first-order valence-corrected chi connectivity index (χ1v) is 14.3. The number of nitrogens with one attached hydrogen (secondary N) is 1. The van der Waals surface area contributed by atoms with Crippen LogP contribution in [0.1, 0.15) is 57.2 Å². The van der Waals surface area contributed by atoms with Crippen molar-refractivity contribution in [3.05, 3.63) is 75.5 Å². The first kappa shape index (κ1) is 25.5. The summed E-state index contributed by atoms with van der Waals surface area (Å²) in [6, 6.07) is 15.9. The maximum Gasteiger partial charge on any atom is 0.262 e. The summed E-state index contributed by atoms with van der Waals surface area (Å²) in [6.45, 7) is 7.33. The van der Waals surface area contributed by atoms with Crippen molar-refractivity contribution < 1.29 is 0 Å². The molecule has 2 aromatic heterocycles. The van der Waals surface area contributed by atoms with Crippen LogP contribution in [0.25, 0.3) is 10.9 Å². The number of anilines is 2. The van der Waals surface area contributed by atoms with E-state index >= 15 is 0 Å². The van der Waals surface area contributed by atoms with Gasteiger partial charge in [-0.05, 0) is 43.5 Å². The second-order valence-corrected chi connectivity index (χ2v) is 11.2. The zero-order chi connectivity index (χ0) is 24.6. The molecule has 0 aliphatic heterocycles. The second kappa shape index (κ2) is 12.4. The number of rotatable bonds is 12. The molecular formula is C28H34N4OS2. The number of hydrogen-bond donors (Lipinski definition) is 1. The van der Waals surface area contributed by atoms with E-state index in [-0.39, 0.29) is 5.56 Å². The molecule has 0 atom stereocenters. The molecule has 0 fully saturated rings. The van der Waals surface area contributed by atoms with Crippen molar-refractivity contribution in [1.82, 2.24) is 14.5 Å². The van der Waals surface area contributed by atoms with Crippen molar-refractivity contribution in [3.8, 4) is 0 Å². The number of hydrogen-bond acceptors (Lipinski definition) is 6. The summed E-state index contributed by atoms with van der Waals surface area (Å²) in [7, 11) is 0. The van der Waals surface area contributed by atoms with E-state index in [2.05, 4.69) is 55.7 Å². The van der Waals surface area contributed by atoms with Crippen molar-refractivity contribution in [2.75, 3.05) is 5.32 Å². The minimum atomic E-state index is 0.0558. The van der Waals surface area contributed by atoms with Crippen molar-refractivity contribution in [3.63, 3.8) is 0 Å². The highest BCUT2D eigenvalue weighted by Crippen LogP contribution is 2.27. The van der Waals surface area contributed by atoms with Crippen LogP contribution in [0.5, 0.6) is 0 Å². The van der Waals surface area contributed by atoms with E-state index < -0.39 is 0 Å². The lowest BCUT2D eigenvalue weighted by Crippen LogP contribution is -2.23. The van der Waals surface area contributed by atoms with Crippen LogP contribution < -0.4 is 10.9 Å². The van der Waals surface area contributed by atoms with Gasteiger partial charge < -0.3 is 5.32 Å². The number of unbranched alkanes of at least 4 members (excludes halogenated alkanes) is 3. The Morgan fingerprint density at radius 2 is 1.77 bits per heavy atom. The SMILES string of the molecule is Cc1ccc(Nc2nc(CSc3nc4ccccc4c(=O)n3CCCCCCC(C)C)cs2)cc1. The zero-order valence-corrected chi connectivity index (χ0v) is 22.4. The number of para-hydroxylation sites is 1. The summed E-state index contributed by atoms with van der Waals surface area (Å²) in [5, 5.41) is 7.78. The smallest absolute Gasteiger partial charge is 0.262 e. The van der Waals surface area contributed by atoms with Crippen molar-refractivity contribution in [2.45, 2.75) is 70.3 Å². The van der Waals surface area contributed by atoms with Crippen LogP contribution in [0.15, 0.2) is 63.9 Å². The third-order valence-corrected chi connectivity index (χ3v) is 7.76. The second-order valence-electron chi connectivity index (χ2n) is 9.39. The average molecular weight is 507 g/mol. The van der Waals surface area contributed by atoms with Gasteiger partial charge in [0, 0.05) is 23.4 Å². The summed E-state index contributed by atoms with van der Waals surface area (Å²) >= 11 is 3.18. The lowest BCUT2D eigenvalue weighted by atomic mass is 10.0. The maximum atomic E-state index is 13.3.